The van der Waals surface area contributed by atoms with Gasteiger partial charge in [0.25, 0.3) is 0 Å². The zero-order chi connectivity index (χ0) is 22.5. The first-order valence-corrected chi connectivity index (χ1v) is 11.8. The number of fused-ring (bicyclic) bond motifs is 1. The number of rotatable bonds is 2. The summed E-state index contributed by atoms with van der Waals surface area (Å²) in [6.45, 7) is 22.6. The van der Waals surface area contributed by atoms with Gasteiger partial charge in [0, 0.05) is 22.3 Å². The minimum atomic E-state index is -1.53. The van der Waals surface area contributed by atoms with Gasteiger partial charge < -0.3 is 9.05 Å². The summed E-state index contributed by atoms with van der Waals surface area (Å²) in [4.78, 5) is 0. The third kappa shape index (κ3) is 4.84. The zero-order valence-corrected chi connectivity index (χ0v) is 21.2. The maximum atomic E-state index is 6.57. The lowest BCUT2D eigenvalue weighted by molar-refractivity contribution is 0.228. The minimum absolute atomic E-state index is 0.0132. The summed E-state index contributed by atoms with van der Waals surface area (Å²) < 4.78 is 19.0. The summed E-state index contributed by atoms with van der Waals surface area (Å²) >= 11 is 0. The summed E-state index contributed by atoms with van der Waals surface area (Å²) in [5.74, 6) is 1.83. The summed E-state index contributed by atoms with van der Waals surface area (Å²) in [5, 5.41) is 0. The largest absolute Gasteiger partial charge is 0.463 e. The summed E-state index contributed by atoms with van der Waals surface area (Å²) in [6, 6.07) is 10.8. The molecule has 0 saturated carbocycles. The predicted molar refractivity (Wildman–Crippen MR) is 127 cm³/mol. The van der Waals surface area contributed by atoms with Gasteiger partial charge in [-0.15, -0.1) is 0 Å². The van der Waals surface area contributed by atoms with E-state index < -0.39 is 8.60 Å². The van der Waals surface area contributed by atoms with Crippen LogP contribution in [-0.4, -0.2) is 0 Å². The Labute approximate surface area is 184 Å². The molecule has 0 fully saturated rings. The van der Waals surface area contributed by atoms with Crippen LogP contribution in [0, 0.1) is 6.92 Å². The van der Waals surface area contributed by atoms with Crippen molar-refractivity contribution < 1.29 is 13.6 Å². The Morgan fingerprint density at radius 2 is 1.33 bits per heavy atom. The van der Waals surface area contributed by atoms with Crippen molar-refractivity contribution in [3.05, 3.63) is 58.1 Å². The number of hydrogen-bond donors (Lipinski definition) is 0. The Balaban J connectivity index is 2.04. The summed E-state index contributed by atoms with van der Waals surface area (Å²) in [5.41, 5.74) is 5.78. The van der Waals surface area contributed by atoms with Crippen LogP contribution in [0.15, 0.2) is 30.3 Å². The van der Waals surface area contributed by atoms with Crippen molar-refractivity contribution >= 4 is 8.60 Å². The van der Waals surface area contributed by atoms with Gasteiger partial charge in [-0.05, 0) is 23.2 Å². The second kappa shape index (κ2) is 7.84. The second-order valence-corrected chi connectivity index (χ2v) is 12.5. The van der Waals surface area contributed by atoms with E-state index in [4.69, 9.17) is 13.6 Å². The van der Waals surface area contributed by atoms with Crippen molar-refractivity contribution in [2.24, 2.45) is 0 Å². The van der Waals surface area contributed by atoms with Crippen molar-refractivity contribution in [2.45, 2.75) is 92.1 Å². The SMILES string of the molecule is Cc1cc(C(C)(C)C)c(OP2OCc3cccc(C(C)(C)C)c3O2)c(C(C)(C)C)c1. The predicted octanol–water partition coefficient (Wildman–Crippen LogP) is 8.10. The maximum Gasteiger partial charge on any atom is 0.463 e. The molecular weight excluding hydrogens is 391 g/mol. The Morgan fingerprint density at radius 1 is 0.800 bits per heavy atom. The van der Waals surface area contributed by atoms with Crippen LogP contribution in [0.2, 0.25) is 0 Å². The van der Waals surface area contributed by atoms with E-state index in [9.17, 15) is 0 Å². The van der Waals surface area contributed by atoms with Gasteiger partial charge in [0.15, 0.2) is 0 Å². The quantitative estimate of drug-likeness (QED) is 0.452. The topological polar surface area (TPSA) is 27.7 Å². The molecule has 3 nitrogen and oxygen atoms in total. The van der Waals surface area contributed by atoms with Gasteiger partial charge in [0.05, 0.1) is 6.61 Å². The normalized spacial score (nSPS) is 17.3. The smallest absolute Gasteiger partial charge is 0.417 e. The van der Waals surface area contributed by atoms with E-state index in [1.54, 1.807) is 0 Å². The molecule has 1 aliphatic rings. The first kappa shape index (κ1) is 23.1. The highest BCUT2D eigenvalue weighted by molar-refractivity contribution is 7.42. The van der Waals surface area contributed by atoms with Crippen molar-refractivity contribution in [1.82, 2.24) is 0 Å². The molecule has 0 bridgehead atoms. The molecule has 164 valence electrons. The lowest BCUT2D eigenvalue weighted by Gasteiger charge is -2.33. The third-order valence-corrected chi connectivity index (χ3v) is 6.41. The van der Waals surface area contributed by atoms with E-state index in [1.807, 2.05) is 0 Å². The highest BCUT2D eigenvalue weighted by atomic mass is 31.2. The lowest BCUT2D eigenvalue weighted by Crippen LogP contribution is -2.21. The standard InChI is InChI=1S/C26H37O3P/c1-17-14-20(25(5,6)7)23(21(15-17)26(8,9)10)29-30-27-16-18-12-11-13-19(22(18)28-30)24(2,3)4/h11-15H,16H2,1-10H3. The molecule has 1 unspecified atom stereocenters. The van der Waals surface area contributed by atoms with Gasteiger partial charge in [0.1, 0.15) is 11.5 Å². The molecule has 0 amide bonds. The molecule has 30 heavy (non-hydrogen) atoms. The Kier molecular flexibility index (Phi) is 6.04. The van der Waals surface area contributed by atoms with Crippen molar-refractivity contribution in [1.29, 1.82) is 0 Å². The number of para-hydroxylation sites is 1. The van der Waals surface area contributed by atoms with Crippen LogP contribution in [0.5, 0.6) is 11.5 Å². The average molecular weight is 429 g/mol. The van der Waals surface area contributed by atoms with E-state index in [0.717, 1.165) is 17.1 Å². The van der Waals surface area contributed by atoms with Crippen molar-refractivity contribution in [3.8, 4) is 11.5 Å². The molecule has 0 aromatic heterocycles. The molecule has 2 aromatic rings. The monoisotopic (exact) mass is 428 g/mol. The summed E-state index contributed by atoms with van der Waals surface area (Å²) in [7, 11) is -1.53. The van der Waals surface area contributed by atoms with Gasteiger partial charge in [-0.1, -0.05) is 98.2 Å². The average Bonchev–Trinajstić information content (AvgIpc) is 2.59. The van der Waals surface area contributed by atoms with Crippen LogP contribution in [0.25, 0.3) is 0 Å². The zero-order valence-electron chi connectivity index (χ0n) is 20.3. The van der Waals surface area contributed by atoms with Crippen LogP contribution in [-0.2, 0) is 27.4 Å². The number of benzene rings is 2. The van der Waals surface area contributed by atoms with E-state index in [0.29, 0.717) is 6.61 Å². The lowest BCUT2D eigenvalue weighted by atomic mass is 9.78. The van der Waals surface area contributed by atoms with Gasteiger partial charge >= 0.3 is 8.60 Å². The van der Waals surface area contributed by atoms with Gasteiger partial charge in [-0.25, -0.2) is 0 Å². The van der Waals surface area contributed by atoms with Crippen LogP contribution in [0.3, 0.4) is 0 Å². The Hall–Kier alpha value is -1.57. The van der Waals surface area contributed by atoms with Crippen molar-refractivity contribution in [2.75, 3.05) is 0 Å². The van der Waals surface area contributed by atoms with Crippen LogP contribution in [0.1, 0.15) is 90.1 Å². The van der Waals surface area contributed by atoms with Crippen LogP contribution < -0.4 is 9.05 Å². The molecule has 0 aliphatic carbocycles. The molecule has 0 N–H and O–H groups in total. The van der Waals surface area contributed by atoms with Gasteiger partial charge in [-0.2, -0.15) is 0 Å². The molecule has 0 spiro atoms. The van der Waals surface area contributed by atoms with E-state index in [-0.39, 0.29) is 16.2 Å². The number of hydrogen-bond acceptors (Lipinski definition) is 3. The molecule has 0 saturated heterocycles. The second-order valence-electron chi connectivity index (χ2n) is 11.4. The highest BCUT2D eigenvalue weighted by Gasteiger charge is 2.34. The van der Waals surface area contributed by atoms with E-state index >= 15 is 0 Å². The van der Waals surface area contributed by atoms with Gasteiger partial charge in [-0.3, -0.25) is 4.52 Å². The highest BCUT2D eigenvalue weighted by Crippen LogP contribution is 2.53. The van der Waals surface area contributed by atoms with Crippen LogP contribution in [0.4, 0.5) is 0 Å². The molecule has 1 heterocycles. The fourth-order valence-electron chi connectivity index (χ4n) is 3.73. The molecule has 1 aliphatic heterocycles. The fraction of sp³-hybridized carbons (Fsp3) is 0.538. The Morgan fingerprint density at radius 3 is 1.83 bits per heavy atom. The molecule has 0 radical (unpaired) electrons. The van der Waals surface area contributed by atoms with Crippen molar-refractivity contribution in [3.63, 3.8) is 0 Å². The number of aryl methyl sites for hydroxylation is 1. The van der Waals surface area contributed by atoms with E-state index in [2.05, 4.69) is 99.6 Å². The van der Waals surface area contributed by atoms with Crippen LogP contribution >= 0.6 is 8.60 Å². The minimum Gasteiger partial charge on any atom is -0.417 e. The Bertz CT molecular complexity index is 892. The first-order chi connectivity index (χ1) is 13.7. The van der Waals surface area contributed by atoms with E-state index in [1.165, 1.54) is 22.3 Å². The fourth-order valence-corrected chi connectivity index (χ4v) is 4.82. The maximum absolute atomic E-state index is 6.57. The summed E-state index contributed by atoms with van der Waals surface area (Å²) in [6.07, 6.45) is 0. The molecule has 4 heteroatoms. The molecular formula is C26H37O3P. The third-order valence-electron chi connectivity index (χ3n) is 5.41. The molecule has 1 atom stereocenters. The first-order valence-electron chi connectivity index (χ1n) is 10.7. The van der Waals surface area contributed by atoms with Gasteiger partial charge in [0.2, 0.25) is 0 Å². The molecule has 3 rings (SSSR count). The molecule has 2 aromatic carbocycles.